The molecule has 0 aliphatic heterocycles. The van der Waals surface area contributed by atoms with E-state index in [4.69, 9.17) is 0 Å². The monoisotopic (exact) mass is 240 g/mol. The van der Waals surface area contributed by atoms with Gasteiger partial charge in [-0.2, -0.15) is 21.6 Å². The lowest BCUT2D eigenvalue weighted by molar-refractivity contribution is -0.393. The van der Waals surface area contributed by atoms with Crippen LogP contribution in [0.4, 0.5) is 9.57 Å². The predicted octanol–water partition coefficient (Wildman–Crippen LogP) is -0.574. The minimum atomic E-state index is -5.58. The van der Waals surface area contributed by atoms with Gasteiger partial charge in [0, 0.05) is 12.1 Å². The van der Waals surface area contributed by atoms with Crippen LogP contribution in [0, 0.1) is 0 Å². The Hall–Kier alpha value is -0.990. The van der Waals surface area contributed by atoms with Crippen molar-refractivity contribution in [1.29, 1.82) is 0 Å². The quantitative estimate of drug-likeness (QED) is 0.435. The van der Waals surface area contributed by atoms with Gasteiger partial charge in [0.25, 0.3) is 0 Å². The molecule has 1 aromatic rings. The Morgan fingerprint density at radius 1 is 1.00 bits per heavy atom. The SMILES string of the molecule is O=S(=O)(F)S(=O)(=O)[NH2+]c1ccccc1. The van der Waals surface area contributed by atoms with Crippen LogP contribution in [-0.2, 0) is 18.3 Å². The van der Waals surface area contributed by atoms with Crippen LogP contribution < -0.4 is 4.72 Å². The highest BCUT2D eigenvalue weighted by atomic mass is 33.2. The lowest BCUT2D eigenvalue weighted by atomic mass is 10.3. The van der Waals surface area contributed by atoms with Gasteiger partial charge in [-0.1, -0.05) is 22.1 Å². The first-order chi connectivity index (χ1) is 6.33. The summed E-state index contributed by atoms with van der Waals surface area (Å²) >= 11 is 0. The summed E-state index contributed by atoms with van der Waals surface area (Å²) in [5.74, 6) is 0. The van der Waals surface area contributed by atoms with Crippen LogP contribution in [-0.4, -0.2) is 16.8 Å². The number of rotatable bonds is 3. The number of hydrogen-bond acceptors (Lipinski definition) is 4. The predicted molar refractivity (Wildman–Crippen MR) is 47.0 cm³/mol. The Morgan fingerprint density at radius 3 is 1.93 bits per heavy atom. The molecule has 0 spiro atoms. The molecule has 0 saturated carbocycles. The second kappa shape index (κ2) is 3.64. The third-order valence-electron chi connectivity index (χ3n) is 1.36. The lowest BCUT2D eigenvalue weighted by Gasteiger charge is -1.96. The summed E-state index contributed by atoms with van der Waals surface area (Å²) in [5, 5.41) is 0. The zero-order valence-electron chi connectivity index (χ0n) is 6.79. The molecule has 0 aliphatic carbocycles. The molecule has 0 radical (unpaired) electrons. The van der Waals surface area contributed by atoms with Gasteiger partial charge in [-0.25, -0.2) is 0 Å². The first-order valence-corrected chi connectivity index (χ1v) is 6.87. The van der Waals surface area contributed by atoms with E-state index in [1.54, 1.807) is 6.07 Å². The molecule has 2 N–H and O–H groups in total. The van der Waals surface area contributed by atoms with Crippen molar-refractivity contribution in [2.24, 2.45) is 0 Å². The number of nitrogens with two attached hydrogens (primary N) is 1. The number of benzene rings is 1. The Balaban J connectivity index is 3.03. The van der Waals surface area contributed by atoms with E-state index in [0.717, 1.165) is 0 Å². The van der Waals surface area contributed by atoms with Crippen LogP contribution >= 0.6 is 0 Å². The highest BCUT2D eigenvalue weighted by Crippen LogP contribution is 2.01. The van der Waals surface area contributed by atoms with Gasteiger partial charge in [-0.05, 0) is 0 Å². The molecule has 0 aliphatic rings. The van der Waals surface area contributed by atoms with E-state index in [1.165, 1.54) is 24.3 Å². The van der Waals surface area contributed by atoms with Gasteiger partial charge in [-0.15, -0.1) is 0 Å². The van der Waals surface area contributed by atoms with Crippen molar-refractivity contribution < 1.29 is 25.4 Å². The summed E-state index contributed by atoms with van der Waals surface area (Å²) in [4.78, 5) is 0. The third-order valence-corrected chi connectivity index (χ3v) is 4.43. The standard InChI is InChI=1S/C6H6FNO4S2/c7-13(9,10)14(11,12)8-6-4-2-1-3-5-6/h1-5,8H/p+1. The summed E-state index contributed by atoms with van der Waals surface area (Å²) in [6.45, 7) is 0. The fourth-order valence-electron chi connectivity index (χ4n) is 0.756. The first kappa shape index (κ1) is 11.1. The molecule has 8 heteroatoms. The number of quaternary nitrogens is 1. The van der Waals surface area contributed by atoms with Gasteiger partial charge in [-0.3, -0.25) is 0 Å². The van der Waals surface area contributed by atoms with Gasteiger partial charge in [0.05, 0.1) is 0 Å². The van der Waals surface area contributed by atoms with E-state index in [9.17, 15) is 20.7 Å². The lowest BCUT2D eigenvalue weighted by Crippen LogP contribution is -2.82. The van der Waals surface area contributed by atoms with Crippen molar-refractivity contribution in [2.45, 2.75) is 0 Å². The van der Waals surface area contributed by atoms with E-state index >= 15 is 0 Å². The molecule has 0 fully saturated rings. The fraction of sp³-hybridized carbons (Fsp3) is 0. The molecule has 0 unspecified atom stereocenters. The van der Waals surface area contributed by atoms with E-state index < -0.39 is 18.3 Å². The normalized spacial score (nSPS) is 12.6. The largest absolute Gasteiger partial charge is 0.460 e. The first-order valence-electron chi connectivity index (χ1n) is 3.42. The maximum absolute atomic E-state index is 12.2. The van der Waals surface area contributed by atoms with Crippen LogP contribution in [0.5, 0.6) is 0 Å². The maximum Gasteiger partial charge on any atom is 0.460 e. The summed E-state index contributed by atoms with van der Waals surface area (Å²) in [6, 6.07) is 7.33. The summed E-state index contributed by atoms with van der Waals surface area (Å²) in [6.07, 6.45) is 0. The fourth-order valence-corrected chi connectivity index (χ4v) is 2.04. The van der Waals surface area contributed by atoms with E-state index in [0.29, 0.717) is 4.72 Å². The molecule has 14 heavy (non-hydrogen) atoms. The van der Waals surface area contributed by atoms with Crippen LogP contribution in [0.1, 0.15) is 0 Å². The topological polar surface area (TPSA) is 84.9 Å². The van der Waals surface area contributed by atoms with Gasteiger partial charge in [0.15, 0.2) is 0 Å². The highest BCUT2D eigenvalue weighted by molar-refractivity contribution is 8.62. The molecule has 1 aromatic carbocycles. The molecular formula is C6H7FNO4S2+. The molecule has 5 nitrogen and oxygen atoms in total. The van der Waals surface area contributed by atoms with Gasteiger partial charge in [0.2, 0.25) is 0 Å². The van der Waals surface area contributed by atoms with Crippen LogP contribution in [0.2, 0.25) is 0 Å². The van der Waals surface area contributed by atoms with Gasteiger partial charge in [0.1, 0.15) is 5.69 Å². The van der Waals surface area contributed by atoms with Crippen molar-refractivity contribution in [3.63, 3.8) is 0 Å². The molecule has 0 bridgehead atoms. The second-order valence-corrected chi connectivity index (χ2v) is 7.01. The Labute approximate surface area is 80.2 Å². The zero-order chi connectivity index (χ0) is 10.8. The summed E-state index contributed by atoms with van der Waals surface area (Å²) in [5.41, 5.74) is 0.105. The molecule has 0 atom stereocenters. The van der Waals surface area contributed by atoms with Crippen molar-refractivity contribution in [3.05, 3.63) is 30.3 Å². The molecule has 1 rings (SSSR count). The molecule has 0 saturated heterocycles. The van der Waals surface area contributed by atoms with Crippen molar-refractivity contribution in [2.75, 3.05) is 0 Å². The molecule has 78 valence electrons. The van der Waals surface area contributed by atoms with Crippen LogP contribution in [0.25, 0.3) is 0 Å². The Bertz CT molecular complexity index is 508. The van der Waals surface area contributed by atoms with Crippen molar-refractivity contribution >= 4 is 24.0 Å². The molecule has 0 amide bonds. The molecular weight excluding hydrogens is 233 g/mol. The van der Waals surface area contributed by atoms with Crippen molar-refractivity contribution in [1.82, 2.24) is 0 Å². The number of halogens is 1. The van der Waals surface area contributed by atoms with E-state index in [2.05, 4.69) is 0 Å². The van der Waals surface area contributed by atoms with Crippen LogP contribution in [0.3, 0.4) is 0 Å². The average molecular weight is 240 g/mol. The van der Waals surface area contributed by atoms with Crippen molar-refractivity contribution in [3.8, 4) is 0 Å². The molecule has 0 heterocycles. The zero-order valence-corrected chi connectivity index (χ0v) is 8.42. The van der Waals surface area contributed by atoms with E-state index in [-0.39, 0.29) is 5.69 Å². The second-order valence-electron chi connectivity index (χ2n) is 2.41. The third kappa shape index (κ3) is 2.50. The summed E-state index contributed by atoms with van der Waals surface area (Å²) < 4.78 is 54.5. The van der Waals surface area contributed by atoms with E-state index in [1.807, 2.05) is 0 Å². The Morgan fingerprint density at radius 2 is 1.50 bits per heavy atom. The average Bonchev–Trinajstić information content (AvgIpc) is 2.03. The Kier molecular flexibility index (Phi) is 2.88. The van der Waals surface area contributed by atoms with Gasteiger partial charge >= 0.3 is 18.3 Å². The maximum atomic E-state index is 12.2. The smallest absolute Gasteiger partial charge is 0.193 e. The minimum absolute atomic E-state index is 0.105. The summed E-state index contributed by atoms with van der Waals surface area (Å²) in [7, 11) is -10.5. The molecule has 0 aromatic heterocycles. The van der Waals surface area contributed by atoms with Crippen LogP contribution in [0.15, 0.2) is 30.3 Å². The highest BCUT2D eigenvalue weighted by Gasteiger charge is 2.33. The number of hydrogen-bond donors (Lipinski definition) is 1. The minimum Gasteiger partial charge on any atom is -0.193 e. The van der Waals surface area contributed by atoms with Gasteiger partial charge < -0.3 is 0 Å².